The Morgan fingerprint density at radius 2 is 2.12 bits per heavy atom. The zero-order valence-corrected chi connectivity index (χ0v) is 9.47. The summed E-state index contributed by atoms with van der Waals surface area (Å²) in [5.41, 5.74) is 4.50. The molecule has 4 nitrogen and oxygen atoms in total. The lowest BCUT2D eigenvalue weighted by molar-refractivity contribution is -0.137. The normalized spacial score (nSPS) is 17.2. The standard InChI is InChI=1S/C9H14F2N2O2S/c10-6(11)5-13(3-4-14)8(15)9(1-2-9)7(12)16/h6,14H,1-5H2,(H2,12,16). The Bertz CT molecular complexity index is 295. The van der Waals surface area contributed by atoms with E-state index in [1.807, 2.05) is 0 Å². The second-order valence-electron chi connectivity index (χ2n) is 3.81. The van der Waals surface area contributed by atoms with Crippen LogP contribution < -0.4 is 5.73 Å². The predicted octanol–water partition coefficient (Wildman–Crippen LogP) is 0.139. The molecule has 92 valence electrons. The van der Waals surface area contributed by atoms with Crippen molar-refractivity contribution in [3.8, 4) is 0 Å². The molecule has 0 unspecified atom stereocenters. The van der Waals surface area contributed by atoms with E-state index in [0.29, 0.717) is 12.8 Å². The Morgan fingerprint density at radius 1 is 1.56 bits per heavy atom. The fourth-order valence-electron chi connectivity index (χ4n) is 1.56. The lowest BCUT2D eigenvalue weighted by Crippen LogP contribution is -2.45. The highest BCUT2D eigenvalue weighted by Gasteiger charge is 2.54. The van der Waals surface area contributed by atoms with Crippen molar-refractivity contribution >= 4 is 23.1 Å². The van der Waals surface area contributed by atoms with Crippen LogP contribution in [0, 0.1) is 5.41 Å². The molecular weight excluding hydrogens is 238 g/mol. The van der Waals surface area contributed by atoms with E-state index in [4.69, 9.17) is 23.1 Å². The lowest BCUT2D eigenvalue weighted by Gasteiger charge is -2.25. The van der Waals surface area contributed by atoms with E-state index in [2.05, 4.69) is 0 Å². The first-order valence-electron chi connectivity index (χ1n) is 4.92. The highest BCUT2D eigenvalue weighted by atomic mass is 32.1. The van der Waals surface area contributed by atoms with Gasteiger partial charge in [-0.1, -0.05) is 12.2 Å². The molecule has 0 aromatic rings. The second-order valence-corrected chi connectivity index (χ2v) is 4.25. The highest BCUT2D eigenvalue weighted by Crippen LogP contribution is 2.47. The monoisotopic (exact) mass is 252 g/mol. The van der Waals surface area contributed by atoms with E-state index in [0.717, 1.165) is 4.90 Å². The van der Waals surface area contributed by atoms with Crippen LogP contribution in [-0.4, -0.2) is 47.0 Å². The van der Waals surface area contributed by atoms with Crippen LogP contribution in [-0.2, 0) is 4.79 Å². The molecule has 0 aromatic heterocycles. The SMILES string of the molecule is NC(=S)C1(C(=O)N(CCO)CC(F)F)CC1. The Labute approximate surface area is 97.4 Å². The van der Waals surface area contributed by atoms with Gasteiger partial charge in [-0.15, -0.1) is 0 Å². The van der Waals surface area contributed by atoms with Crippen molar-refractivity contribution in [3.63, 3.8) is 0 Å². The quantitative estimate of drug-likeness (QED) is 0.660. The van der Waals surface area contributed by atoms with Crippen LogP contribution >= 0.6 is 12.2 Å². The fourth-order valence-corrected chi connectivity index (χ4v) is 1.85. The first-order chi connectivity index (χ1) is 7.44. The third-order valence-corrected chi connectivity index (χ3v) is 3.04. The maximum atomic E-state index is 12.2. The maximum Gasteiger partial charge on any atom is 0.255 e. The number of rotatable bonds is 6. The molecule has 0 saturated heterocycles. The van der Waals surface area contributed by atoms with E-state index < -0.39 is 24.3 Å². The molecule has 0 aromatic carbocycles. The number of alkyl halides is 2. The topological polar surface area (TPSA) is 66.6 Å². The Balaban J connectivity index is 2.71. The summed E-state index contributed by atoms with van der Waals surface area (Å²) in [4.78, 5) is 12.9. The number of nitrogens with zero attached hydrogens (tertiary/aromatic N) is 1. The number of amides is 1. The smallest absolute Gasteiger partial charge is 0.255 e. The number of carbonyl (C=O) groups excluding carboxylic acids is 1. The van der Waals surface area contributed by atoms with Gasteiger partial charge in [0.2, 0.25) is 5.91 Å². The molecule has 1 amide bonds. The third kappa shape index (κ3) is 2.65. The van der Waals surface area contributed by atoms with Crippen LogP contribution in [0.1, 0.15) is 12.8 Å². The molecule has 1 aliphatic rings. The number of hydrogen-bond acceptors (Lipinski definition) is 3. The minimum absolute atomic E-state index is 0.0507. The molecule has 1 aliphatic carbocycles. The van der Waals surface area contributed by atoms with Crippen LogP contribution in [0.15, 0.2) is 0 Å². The number of hydrogen-bond donors (Lipinski definition) is 2. The number of thiocarbonyl (C=S) groups is 1. The minimum Gasteiger partial charge on any atom is -0.395 e. The molecule has 0 heterocycles. The summed E-state index contributed by atoms with van der Waals surface area (Å²) >= 11 is 4.77. The first kappa shape index (κ1) is 13.2. The third-order valence-electron chi connectivity index (χ3n) is 2.65. The molecule has 7 heteroatoms. The zero-order chi connectivity index (χ0) is 12.3. The van der Waals surface area contributed by atoms with E-state index in [1.54, 1.807) is 0 Å². The molecule has 0 radical (unpaired) electrons. The molecule has 16 heavy (non-hydrogen) atoms. The largest absolute Gasteiger partial charge is 0.395 e. The van der Waals surface area contributed by atoms with Crippen LogP contribution in [0.3, 0.4) is 0 Å². The molecule has 0 bridgehead atoms. The van der Waals surface area contributed by atoms with Crippen molar-refractivity contribution in [1.82, 2.24) is 4.90 Å². The van der Waals surface area contributed by atoms with Gasteiger partial charge in [0.15, 0.2) is 0 Å². The lowest BCUT2D eigenvalue weighted by atomic mass is 10.1. The summed E-state index contributed by atoms with van der Waals surface area (Å²) in [6.45, 7) is -1.16. The first-order valence-corrected chi connectivity index (χ1v) is 5.33. The van der Waals surface area contributed by atoms with Gasteiger partial charge < -0.3 is 15.7 Å². The molecule has 0 atom stereocenters. The minimum atomic E-state index is -2.63. The molecule has 1 fully saturated rings. The van der Waals surface area contributed by atoms with Crippen LogP contribution in [0.2, 0.25) is 0 Å². The summed E-state index contributed by atoms with van der Waals surface area (Å²) < 4.78 is 24.5. The van der Waals surface area contributed by atoms with Crippen LogP contribution in [0.25, 0.3) is 0 Å². The Kier molecular flexibility index (Phi) is 4.15. The van der Waals surface area contributed by atoms with Gasteiger partial charge in [-0.3, -0.25) is 4.79 Å². The van der Waals surface area contributed by atoms with E-state index in [1.165, 1.54) is 0 Å². The Hall–Kier alpha value is -0.820. The van der Waals surface area contributed by atoms with Gasteiger partial charge in [0, 0.05) is 6.54 Å². The second kappa shape index (κ2) is 5.01. The fraction of sp³-hybridized carbons (Fsp3) is 0.778. The van der Waals surface area contributed by atoms with Crippen molar-refractivity contribution in [3.05, 3.63) is 0 Å². The summed E-state index contributed by atoms with van der Waals surface area (Å²) in [5.74, 6) is -0.491. The molecule has 3 N–H and O–H groups in total. The van der Waals surface area contributed by atoms with E-state index in [-0.39, 0.29) is 18.1 Å². The van der Waals surface area contributed by atoms with Gasteiger partial charge >= 0.3 is 0 Å². The number of aliphatic hydroxyl groups excluding tert-OH is 1. The van der Waals surface area contributed by atoms with Gasteiger partial charge in [-0.25, -0.2) is 8.78 Å². The van der Waals surface area contributed by atoms with Gasteiger partial charge in [-0.05, 0) is 12.8 Å². The average Bonchev–Trinajstić information content (AvgIpc) is 2.96. The van der Waals surface area contributed by atoms with Gasteiger partial charge in [-0.2, -0.15) is 0 Å². The van der Waals surface area contributed by atoms with Crippen molar-refractivity contribution < 1.29 is 18.7 Å². The summed E-state index contributed by atoms with van der Waals surface area (Å²) in [6, 6.07) is 0. The van der Waals surface area contributed by atoms with Crippen molar-refractivity contribution in [2.24, 2.45) is 11.1 Å². The van der Waals surface area contributed by atoms with E-state index in [9.17, 15) is 13.6 Å². The van der Waals surface area contributed by atoms with Gasteiger partial charge in [0.1, 0.15) is 0 Å². The number of aliphatic hydroxyl groups is 1. The molecule has 0 aliphatic heterocycles. The number of nitrogens with two attached hydrogens (primary N) is 1. The van der Waals surface area contributed by atoms with Crippen molar-refractivity contribution in [2.45, 2.75) is 19.3 Å². The van der Waals surface area contributed by atoms with Crippen LogP contribution in [0.4, 0.5) is 8.78 Å². The molecule has 0 spiro atoms. The maximum absolute atomic E-state index is 12.2. The Morgan fingerprint density at radius 3 is 2.44 bits per heavy atom. The van der Waals surface area contributed by atoms with Gasteiger partial charge in [0.25, 0.3) is 6.43 Å². The number of carbonyl (C=O) groups is 1. The van der Waals surface area contributed by atoms with Gasteiger partial charge in [0.05, 0.1) is 23.6 Å². The molecular formula is C9H14F2N2O2S. The molecule has 1 rings (SSSR count). The van der Waals surface area contributed by atoms with E-state index >= 15 is 0 Å². The molecule has 1 saturated carbocycles. The van der Waals surface area contributed by atoms with Crippen molar-refractivity contribution in [1.29, 1.82) is 0 Å². The summed E-state index contributed by atoms with van der Waals surface area (Å²) in [7, 11) is 0. The zero-order valence-electron chi connectivity index (χ0n) is 8.66. The van der Waals surface area contributed by atoms with Crippen molar-refractivity contribution in [2.75, 3.05) is 19.7 Å². The summed E-state index contributed by atoms with van der Waals surface area (Å²) in [5, 5.41) is 8.72. The predicted molar refractivity (Wildman–Crippen MR) is 58.1 cm³/mol. The highest BCUT2D eigenvalue weighted by molar-refractivity contribution is 7.80. The summed E-state index contributed by atoms with van der Waals surface area (Å²) in [6.07, 6.45) is -1.61. The van der Waals surface area contributed by atoms with Crippen LogP contribution in [0.5, 0.6) is 0 Å². The number of halogens is 2. The average molecular weight is 252 g/mol.